The van der Waals surface area contributed by atoms with Crippen molar-refractivity contribution in [3.63, 3.8) is 0 Å². The third-order valence-electron chi connectivity index (χ3n) is 2.82. The minimum atomic E-state index is -4.34. The fourth-order valence-electron chi connectivity index (χ4n) is 1.79. The summed E-state index contributed by atoms with van der Waals surface area (Å²) in [7, 11) is 0. The van der Waals surface area contributed by atoms with Crippen molar-refractivity contribution in [1.29, 1.82) is 0 Å². The van der Waals surface area contributed by atoms with Gasteiger partial charge in [0, 0.05) is 4.88 Å². The van der Waals surface area contributed by atoms with Gasteiger partial charge in [-0.05, 0) is 41.8 Å². The monoisotopic (exact) mass is 296 g/mol. The maximum absolute atomic E-state index is 12.5. The Kier molecular flexibility index (Phi) is 3.81. The van der Waals surface area contributed by atoms with Crippen LogP contribution in [0.15, 0.2) is 36.9 Å². The number of thiophene rings is 1. The summed E-state index contributed by atoms with van der Waals surface area (Å²) in [5.74, 6) is 0. The number of carbonyl (C=O) groups is 1. The van der Waals surface area contributed by atoms with Crippen LogP contribution in [0.3, 0.4) is 0 Å². The van der Waals surface area contributed by atoms with Crippen molar-refractivity contribution in [2.45, 2.75) is 13.1 Å². The first-order chi connectivity index (χ1) is 9.32. The zero-order valence-electron chi connectivity index (χ0n) is 10.6. The van der Waals surface area contributed by atoms with Crippen LogP contribution in [0.1, 0.15) is 27.7 Å². The first-order valence-corrected chi connectivity index (χ1v) is 6.57. The molecule has 5 heteroatoms. The lowest BCUT2D eigenvalue weighted by molar-refractivity contribution is -0.137. The second kappa shape index (κ2) is 5.25. The summed E-state index contributed by atoms with van der Waals surface area (Å²) in [6.07, 6.45) is -3.60. The van der Waals surface area contributed by atoms with Gasteiger partial charge in [-0.3, -0.25) is 4.79 Å². The van der Waals surface area contributed by atoms with Crippen LogP contribution in [0.5, 0.6) is 0 Å². The second-order valence-corrected chi connectivity index (χ2v) is 5.45. The summed E-state index contributed by atoms with van der Waals surface area (Å²) in [5.41, 5.74) is 1.45. The largest absolute Gasteiger partial charge is 0.416 e. The van der Waals surface area contributed by atoms with Crippen molar-refractivity contribution in [3.05, 3.63) is 52.9 Å². The van der Waals surface area contributed by atoms with Gasteiger partial charge in [-0.25, -0.2) is 0 Å². The molecule has 2 aromatic rings. The normalized spacial score (nSPS) is 11.4. The molecular weight excluding hydrogens is 285 g/mol. The Balaban J connectivity index is 2.42. The van der Waals surface area contributed by atoms with E-state index in [1.807, 2.05) is 0 Å². The number of alkyl halides is 3. The van der Waals surface area contributed by atoms with Gasteiger partial charge < -0.3 is 0 Å². The van der Waals surface area contributed by atoms with Gasteiger partial charge in [-0.2, -0.15) is 13.2 Å². The molecule has 0 saturated carbocycles. The summed E-state index contributed by atoms with van der Waals surface area (Å²) in [5, 5.41) is 0. The van der Waals surface area contributed by atoms with E-state index in [4.69, 9.17) is 0 Å². The lowest BCUT2D eigenvalue weighted by Gasteiger charge is -2.06. The maximum Gasteiger partial charge on any atom is 0.416 e. The highest BCUT2D eigenvalue weighted by Gasteiger charge is 2.30. The van der Waals surface area contributed by atoms with E-state index in [9.17, 15) is 18.0 Å². The van der Waals surface area contributed by atoms with Crippen LogP contribution in [-0.4, -0.2) is 6.29 Å². The van der Waals surface area contributed by atoms with Crippen LogP contribution >= 0.6 is 11.3 Å². The van der Waals surface area contributed by atoms with Crippen LogP contribution in [0, 0.1) is 0 Å². The second-order valence-electron chi connectivity index (χ2n) is 4.36. The summed E-state index contributed by atoms with van der Waals surface area (Å²) < 4.78 is 37.5. The van der Waals surface area contributed by atoms with Gasteiger partial charge in [0.15, 0.2) is 6.29 Å². The Morgan fingerprint density at radius 1 is 1.25 bits per heavy atom. The van der Waals surface area contributed by atoms with E-state index in [2.05, 4.69) is 6.58 Å². The van der Waals surface area contributed by atoms with Crippen LogP contribution in [-0.2, 0) is 6.18 Å². The molecule has 1 heterocycles. The summed E-state index contributed by atoms with van der Waals surface area (Å²) in [6.45, 7) is 5.57. The van der Waals surface area contributed by atoms with Crippen molar-refractivity contribution in [2.24, 2.45) is 0 Å². The van der Waals surface area contributed by atoms with Gasteiger partial charge >= 0.3 is 6.18 Å². The number of halogens is 3. The van der Waals surface area contributed by atoms with Gasteiger partial charge in [0.05, 0.1) is 10.4 Å². The summed E-state index contributed by atoms with van der Waals surface area (Å²) in [4.78, 5) is 12.3. The van der Waals surface area contributed by atoms with Crippen molar-refractivity contribution < 1.29 is 18.0 Å². The lowest BCUT2D eigenvalue weighted by Crippen LogP contribution is -2.03. The minimum Gasteiger partial charge on any atom is -0.297 e. The van der Waals surface area contributed by atoms with Crippen LogP contribution in [0.4, 0.5) is 13.2 Å². The Morgan fingerprint density at radius 2 is 1.85 bits per heavy atom. The molecule has 1 aromatic carbocycles. The third kappa shape index (κ3) is 2.82. The number of hydrogen-bond acceptors (Lipinski definition) is 2. The molecular formula is C15H11F3OS. The molecule has 20 heavy (non-hydrogen) atoms. The van der Waals surface area contributed by atoms with E-state index in [1.54, 1.807) is 13.0 Å². The molecule has 0 fully saturated rings. The zero-order valence-corrected chi connectivity index (χ0v) is 11.4. The van der Waals surface area contributed by atoms with E-state index < -0.39 is 11.7 Å². The number of hydrogen-bond donors (Lipinski definition) is 0. The molecule has 0 saturated heterocycles. The number of rotatable bonds is 3. The molecule has 0 bridgehead atoms. The molecule has 0 aliphatic heterocycles. The van der Waals surface area contributed by atoms with Crippen molar-refractivity contribution in [1.82, 2.24) is 0 Å². The lowest BCUT2D eigenvalue weighted by atomic mass is 10.1. The highest BCUT2D eigenvalue weighted by atomic mass is 32.1. The smallest absolute Gasteiger partial charge is 0.297 e. The SMILES string of the molecule is C=C(C)c1cc(-c2ccc(C(F)(F)F)cc2)sc1C=O. The van der Waals surface area contributed by atoms with Gasteiger partial charge in [0.25, 0.3) is 0 Å². The Labute approximate surface area is 118 Å². The molecule has 1 aromatic heterocycles. The average Bonchev–Trinajstić information content (AvgIpc) is 2.82. The van der Waals surface area contributed by atoms with Gasteiger partial charge in [0.1, 0.15) is 0 Å². The molecule has 0 N–H and O–H groups in total. The van der Waals surface area contributed by atoms with E-state index >= 15 is 0 Å². The fourth-order valence-corrected chi connectivity index (χ4v) is 2.85. The fraction of sp³-hybridized carbons (Fsp3) is 0.133. The molecule has 0 amide bonds. The maximum atomic E-state index is 12.5. The minimum absolute atomic E-state index is 0.535. The number of carbonyl (C=O) groups excluding carboxylic acids is 1. The number of aldehydes is 1. The van der Waals surface area contributed by atoms with E-state index in [0.717, 1.165) is 34.4 Å². The predicted octanol–water partition coefficient (Wildman–Crippen LogP) is 5.28. The Morgan fingerprint density at radius 3 is 2.25 bits per heavy atom. The highest BCUT2D eigenvalue weighted by molar-refractivity contribution is 7.17. The molecule has 1 nitrogen and oxygen atoms in total. The molecule has 2 rings (SSSR count). The van der Waals surface area contributed by atoms with E-state index in [-0.39, 0.29) is 0 Å². The van der Waals surface area contributed by atoms with Crippen LogP contribution < -0.4 is 0 Å². The number of benzene rings is 1. The van der Waals surface area contributed by atoms with Crippen LogP contribution in [0.25, 0.3) is 16.0 Å². The van der Waals surface area contributed by atoms with E-state index in [1.165, 1.54) is 23.5 Å². The quantitative estimate of drug-likeness (QED) is 0.704. The van der Waals surface area contributed by atoms with Gasteiger partial charge in [0.2, 0.25) is 0 Å². The first kappa shape index (κ1) is 14.5. The first-order valence-electron chi connectivity index (χ1n) is 5.75. The van der Waals surface area contributed by atoms with E-state index in [0.29, 0.717) is 10.4 Å². The topological polar surface area (TPSA) is 17.1 Å². The van der Waals surface area contributed by atoms with Gasteiger partial charge in [-0.15, -0.1) is 11.3 Å². The Hall–Kier alpha value is -1.88. The summed E-state index contributed by atoms with van der Waals surface area (Å²) in [6, 6.07) is 6.67. The predicted molar refractivity (Wildman–Crippen MR) is 74.9 cm³/mol. The third-order valence-corrected chi connectivity index (χ3v) is 3.93. The van der Waals surface area contributed by atoms with Crippen molar-refractivity contribution in [3.8, 4) is 10.4 Å². The molecule has 0 aliphatic carbocycles. The Bertz CT molecular complexity index is 651. The van der Waals surface area contributed by atoms with Crippen LogP contribution in [0.2, 0.25) is 0 Å². The molecule has 0 unspecified atom stereocenters. The highest BCUT2D eigenvalue weighted by Crippen LogP contribution is 2.35. The standard InChI is InChI=1S/C15H11F3OS/c1-9(2)12-7-13(20-14(12)8-19)10-3-5-11(6-4-10)15(16,17)18/h3-8H,1H2,2H3. The average molecular weight is 296 g/mol. The molecule has 0 aliphatic rings. The van der Waals surface area contributed by atoms with Gasteiger partial charge in [-0.1, -0.05) is 18.7 Å². The zero-order chi connectivity index (χ0) is 14.9. The van der Waals surface area contributed by atoms with Crippen molar-refractivity contribution in [2.75, 3.05) is 0 Å². The summed E-state index contributed by atoms with van der Waals surface area (Å²) >= 11 is 1.24. The molecule has 0 radical (unpaired) electrons. The van der Waals surface area contributed by atoms with Crippen molar-refractivity contribution >= 4 is 23.2 Å². The molecule has 104 valence electrons. The number of allylic oxidation sites excluding steroid dienone is 1. The molecule has 0 spiro atoms. The molecule has 0 atom stereocenters.